The lowest BCUT2D eigenvalue weighted by Crippen LogP contribution is -2.29. The number of aromatic nitrogens is 1. The second-order valence-corrected chi connectivity index (χ2v) is 7.83. The van der Waals surface area contributed by atoms with Gasteiger partial charge in [0.25, 0.3) is 5.78 Å². The van der Waals surface area contributed by atoms with Crippen LogP contribution in [-0.2, 0) is 9.59 Å². The number of nitrogens with zero attached hydrogens (tertiary/aromatic N) is 2. The lowest BCUT2D eigenvalue weighted by molar-refractivity contribution is -0.132. The Balaban J connectivity index is 1.85. The smallest absolute Gasteiger partial charge is 0.301 e. The van der Waals surface area contributed by atoms with Crippen LogP contribution in [0.5, 0.6) is 5.75 Å². The first-order valence-electron chi connectivity index (χ1n) is 10.1. The summed E-state index contributed by atoms with van der Waals surface area (Å²) in [5.74, 6) is -0.557. The van der Waals surface area contributed by atoms with Crippen LogP contribution < -0.4 is 9.64 Å². The molecule has 1 unspecified atom stereocenters. The van der Waals surface area contributed by atoms with Gasteiger partial charge >= 0.3 is 5.91 Å². The van der Waals surface area contributed by atoms with Gasteiger partial charge in [0, 0.05) is 16.7 Å². The third-order valence-corrected chi connectivity index (χ3v) is 5.35. The SMILES string of the molecule is CCCOc1ccc(C2C(=C(O)c3ccc(Cl)cc3)C(=O)C(=O)N2c2cc(C)on2)cc1. The molecule has 2 heterocycles. The molecular formula is C24H21ClN2O5. The van der Waals surface area contributed by atoms with Crippen molar-refractivity contribution in [2.75, 3.05) is 11.5 Å². The number of aliphatic hydroxyl groups is 1. The van der Waals surface area contributed by atoms with Crippen molar-refractivity contribution in [3.8, 4) is 5.75 Å². The fraction of sp³-hybridized carbons (Fsp3) is 0.208. The zero-order valence-corrected chi connectivity index (χ0v) is 18.3. The zero-order valence-electron chi connectivity index (χ0n) is 17.5. The maximum absolute atomic E-state index is 13.1. The molecule has 1 saturated heterocycles. The molecule has 7 nitrogen and oxygen atoms in total. The maximum atomic E-state index is 13.1. The van der Waals surface area contributed by atoms with E-state index in [1.165, 1.54) is 4.90 Å². The molecule has 2 aromatic carbocycles. The number of ketones is 1. The lowest BCUT2D eigenvalue weighted by atomic mass is 9.95. The van der Waals surface area contributed by atoms with Crippen LogP contribution in [0.1, 0.15) is 36.3 Å². The first-order valence-corrected chi connectivity index (χ1v) is 10.5. The van der Waals surface area contributed by atoms with E-state index in [-0.39, 0.29) is 17.2 Å². The Hall–Kier alpha value is -3.58. The minimum atomic E-state index is -0.893. The Morgan fingerprint density at radius 2 is 1.84 bits per heavy atom. The minimum absolute atomic E-state index is 0.0415. The van der Waals surface area contributed by atoms with Gasteiger partial charge in [-0.2, -0.15) is 0 Å². The van der Waals surface area contributed by atoms with Crippen LogP contribution in [0.4, 0.5) is 5.82 Å². The average Bonchev–Trinajstić information content (AvgIpc) is 3.33. The van der Waals surface area contributed by atoms with E-state index in [4.69, 9.17) is 20.9 Å². The van der Waals surface area contributed by atoms with Gasteiger partial charge in [0.05, 0.1) is 18.2 Å². The molecule has 164 valence electrons. The monoisotopic (exact) mass is 452 g/mol. The number of aryl methyl sites for hydroxylation is 1. The van der Waals surface area contributed by atoms with Crippen molar-refractivity contribution in [1.29, 1.82) is 0 Å². The number of anilines is 1. The summed E-state index contributed by atoms with van der Waals surface area (Å²) in [6.45, 7) is 4.28. The highest BCUT2D eigenvalue weighted by Gasteiger charge is 2.48. The van der Waals surface area contributed by atoms with E-state index in [1.54, 1.807) is 61.5 Å². The molecule has 1 aromatic heterocycles. The van der Waals surface area contributed by atoms with Gasteiger partial charge in [0.15, 0.2) is 5.82 Å². The Morgan fingerprint density at radius 3 is 2.44 bits per heavy atom. The third-order valence-electron chi connectivity index (χ3n) is 5.09. The van der Waals surface area contributed by atoms with E-state index < -0.39 is 17.7 Å². The number of aliphatic hydroxyl groups excluding tert-OH is 1. The summed E-state index contributed by atoms with van der Waals surface area (Å²) < 4.78 is 10.8. The number of rotatable bonds is 6. The van der Waals surface area contributed by atoms with Gasteiger partial charge < -0.3 is 14.4 Å². The molecule has 1 aliphatic rings. The van der Waals surface area contributed by atoms with Gasteiger partial charge in [-0.25, -0.2) is 0 Å². The molecule has 1 fully saturated rings. The number of hydrogen-bond donors (Lipinski definition) is 1. The fourth-order valence-electron chi connectivity index (χ4n) is 3.58. The molecule has 0 spiro atoms. The molecule has 4 rings (SSSR count). The van der Waals surface area contributed by atoms with E-state index in [9.17, 15) is 14.7 Å². The van der Waals surface area contributed by atoms with Crippen molar-refractivity contribution >= 4 is 34.9 Å². The van der Waals surface area contributed by atoms with Gasteiger partial charge in [-0.1, -0.05) is 35.8 Å². The molecule has 3 aromatic rings. The van der Waals surface area contributed by atoms with E-state index in [2.05, 4.69) is 5.16 Å². The summed E-state index contributed by atoms with van der Waals surface area (Å²) >= 11 is 5.95. The van der Waals surface area contributed by atoms with Crippen molar-refractivity contribution in [2.24, 2.45) is 0 Å². The fourth-order valence-corrected chi connectivity index (χ4v) is 3.71. The molecular weight excluding hydrogens is 432 g/mol. The molecule has 0 radical (unpaired) electrons. The van der Waals surface area contributed by atoms with Crippen LogP contribution in [0, 0.1) is 6.92 Å². The van der Waals surface area contributed by atoms with E-state index in [0.717, 1.165) is 6.42 Å². The van der Waals surface area contributed by atoms with E-state index in [1.807, 2.05) is 6.92 Å². The van der Waals surface area contributed by atoms with Crippen LogP contribution in [-0.4, -0.2) is 28.6 Å². The molecule has 1 atom stereocenters. The first kappa shape index (κ1) is 21.6. The Kier molecular flexibility index (Phi) is 6.01. The highest BCUT2D eigenvalue weighted by Crippen LogP contribution is 2.42. The summed E-state index contributed by atoms with van der Waals surface area (Å²) in [6.07, 6.45) is 0.870. The number of benzene rings is 2. The Bertz CT molecular complexity index is 1180. The van der Waals surface area contributed by atoms with Crippen LogP contribution in [0.25, 0.3) is 5.76 Å². The number of carbonyl (C=O) groups is 2. The molecule has 0 saturated carbocycles. The number of hydrogen-bond acceptors (Lipinski definition) is 6. The van der Waals surface area contributed by atoms with Crippen LogP contribution >= 0.6 is 11.6 Å². The molecule has 0 aliphatic carbocycles. The van der Waals surface area contributed by atoms with Gasteiger partial charge in [-0.05, 0) is 55.3 Å². The van der Waals surface area contributed by atoms with Gasteiger partial charge in [-0.15, -0.1) is 0 Å². The Morgan fingerprint density at radius 1 is 1.16 bits per heavy atom. The van der Waals surface area contributed by atoms with E-state index in [0.29, 0.717) is 34.3 Å². The van der Waals surface area contributed by atoms with Gasteiger partial charge in [0.2, 0.25) is 0 Å². The Labute approximate surface area is 189 Å². The lowest BCUT2D eigenvalue weighted by Gasteiger charge is -2.23. The van der Waals surface area contributed by atoms with Crippen molar-refractivity contribution in [3.05, 3.63) is 82.1 Å². The average molecular weight is 453 g/mol. The number of Topliss-reactive ketones (excluding diaryl/α,β-unsaturated/α-hetero) is 1. The van der Waals surface area contributed by atoms with E-state index >= 15 is 0 Å². The van der Waals surface area contributed by atoms with Crippen molar-refractivity contribution in [1.82, 2.24) is 5.16 Å². The summed E-state index contributed by atoms with van der Waals surface area (Å²) in [7, 11) is 0. The van der Waals surface area contributed by atoms with Crippen molar-refractivity contribution in [2.45, 2.75) is 26.3 Å². The minimum Gasteiger partial charge on any atom is -0.507 e. The van der Waals surface area contributed by atoms with Crippen LogP contribution in [0.15, 0.2) is 64.7 Å². The summed E-state index contributed by atoms with van der Waals surface area (Å²) in [4.78, 5) is 27.3. The number of ether oxygens (including phenoxy) is 1. The topological polar surface area (TPSA) is 92.9 Å². The van der Waals surface area contributed by atoms with Crippen LogP contribution in [0.2, 0.25) is 5.02 Å². The number of halogens is 1. The third kappa shape index (κ3) is 3.99. The number of carbonyl (C=O) groups excluding carboxylic acids is 2. The second-order valence-electron chi connectivity index (χ2n) is 7.39. The molecule has 8 heteroatoms. The largest absolute Gasteiger partial charge is 0.507 e. The summed E-state index contributed by atoms with van der Waals surface area (Å²) in [5, 5.41) is 15.5. The molecule has 32 heavy (non-hydrogen) atoms. The zero-order chi connectivity index (χ0) is 22.8. The highest BCUT2D eigenvalue weighted by molar-refractivity contribution is 6.51. The quantitative estimate of drug-likeness (QED) is 0.319. The first-order chi connectivity index (χ1) is 15.4. The molecule has 1 amide bonds. The van der Waals surface area contributed by atoms with Crippen molar-refractivity contribution < 1.29 is 24.0 Å². The summed E-state index contributed by atoms with van der Waals surface area (Å²) in [6, 6.07) is 14.1. The molecule has 0 bridgehead atoms. The van der Waals surface area contributed by atoms with Gasteiger partial charge in [-0.3, -0.25) is 14.5 Å². The second kappa shape index (κ2) is 8.88. The predicted octanol–water partition coefficient (Wildman–Crippen LogP) is 5.05. The standard InChI is InChI=1S/C24H21ClN2O5/c1-3-12-31-18-10-6-15(7-11-18)21-20(22(28)16-4-8-17(25)9-5-16)23(29)24(30)27(21)19-13-14(2)32-26-19/h4-11,13,21,28H,3,12H2,1-2H3. The van der Waals surface area contributed by atoms with Gasteiger partial charge in [0.1, 0.15) is 17.3 Å². The summed E-state index contributed by atoms with van der Waals surface area (Å²) in [5.41, 5.74) is 0.945. The predicted molar refractivity (Wildman–Crippen MR) is 120 cm³/mol. The molecule has 1 N–H and O–H groups in total. The highest BCUT2D eigenvalue weighted by atomic mass is 35.5. The van der Waals surface area contributed by atoms with Crippen LogP contribution in [0.3, 0.4) is 0 Å². The normalized spacial score (nSPS) is 17.7. The number of amides is 1. The molecule has 1 aliphatic heterocycles. The maximum Gasteiger partial charge on any atom is 0.301 e. The van der Waals surface area contributed by atoms with Crippen molar-refractivity contribution in [3.63, 3.8) is 0 Å².